The molecule has 0 rings (SSSR count). The molecule has 376 valence electrons. The lowest BCUT2D eigenvalue weighted by atomic mass is 10.0. The Kier molecular flexibility index (Phi) is 43.8. The number of nitrogens with one attached hydrogen (secondary N) is 1. The molecule has 9 nitrogen and oxygen atoms in total. The van der Waals surface area contributed by atoms with Gasteiger partial charge in [0, 0.05) is 12.8 Å². The van der Waals surface area contributed by atoms with Gasteiger partial charge in [-0.2, -0.15) is 0 Å². The van der Waals surface area contributed by atoms with Crippen LogP contribution >= 0.6 is 7.82 Å². The number of carbonyl (C=O) groups excluding carboxylic acids is 2. The van der Waals surface area contributed by atoms with Crippen molar-refractivity contribution in [2.45, 2.75) is 258 Å². The van der Waals surface area contributed by atoms with E-state index in [-0.39, 0.29) is 24.9 Å². The molecule has 0 bridgehead atoms. The summed E-state index contributed by atoms with van der Waals surface area (Å²) in [6.45, 7) is 6.78. The summed E-state index contributed by atoms with van der Waals surface area (Å²) in [6, 6.07) is -0.894. The van der Waals surface area contributed by atoms with Crippen LogP contribution in [0.3, 0.4) is 0 Å². The molecule has 3 unspecified atom stereocenters. The second-order valence-corrected chi connectivity index (χ2v) is 20.8. The average Bonchev–Trinajstić information content (AvgIpc) is 3.25. The molecule has 0 heterocycles. The number of carbonyl (C=O) groups is 2. The van der Waals surface area contributed by atoms with Crippen molar-refractivity contribution in [2.75, 3.05) is 40.9 Å². The van der Waals surface area contributed by atoms with Crippen molar-refractivity contribution in [1.82, 2.24) is 5.32 Å². The Balaban J connectivity index is 5.45. The molecule has 3 atom stereocenters. The first-order valence-electron chi connectivity index (χ1n) is 26.8. The molecule has 0 aromatic rings. The van der Waals surface area contributed by atoms with Gasteiger partial charge >= 0.3 is 5.97 Å². The van der Waals surface area contributed by atoms with Crippen molar-refractivity contribution >= 4 is 19.7 Å². The van der Waals surface area contributed by atoms with E-state index in [0.29, 0.717) is 23.9 Å². The molecule has 0 aliphatic carbocycles. The van der Waals surface area contributed by atoms with Crippen LogP contribution in [-0.4, -0.2) is 69.4 Å². The van der Waals surface area contributed by atoms with E-state index < -0.39 is 26.6 Å². The maximum atomic E-state index is 13.4. The number of quaternary nitrogens is 1. The van der Waals surface area contributed by atoms with E-state index in [1.54, 1.807) is 0 Å². The zero-order valence-corrected chi connectivity index (χ0v) is 43.6. The van der Waals surface area contributed by atoms with E-state index in [4.69, 9.17) is 13.8 Å². The summed E-state index contributed by atoms with van der Waals surface area (Å²) in [5.74, 6) is -0.568. The van der Waals surface area contributed by atoms with E-state index in [2.05, 4.69) is 50.4 Å². The summed E-state index contributed by atoms with van der Waals surface area (Å²) in [6.07, 6.45) is 51.1. The van der Waals surface area contributed by atoms with Crippen molar-refractivity contribution in [3.05, 3.63) is 36.5 Å². The van der Waals surface area contributed by atoms with Crippen LogP contribution in [-0.2, 0) is 27.9 Å². The van der Waals surface area contributed by atoms with Crippen LogP contribution in [0.1, 0.15) is 245 Å². The molecule has 0 fully saturated rings. The number of phosphoric acid groups is 1. The van der Waals surface area contributed by atoms with Gasteiger partial charge in [0.05, 0.1) is 33.8 Å². The van der Waals surface area contributed by atoms with E-state index >= 15 is 0 Å². The summed E-state index contributed by atoms with van der Waals surface area (Å²) >= 11 is 0. The topological polar surface area (TPSA) is 114 Å². The molecule has 0 aromatic carbocycles. The third-order valence-corrected chi connectivity index (χ3v) is 12.8. The molecule has 0 aliphatic heterocycles. The fourth-order valence-electron chi connectivity index (χ4n) is 7.55. The number of ether oxygens (including phenoxy) is 1. The first-order valence-corrected chi connectivity index (χ1v) is 28.3. The minimum absolute atomic E-state index is 0.0252. The Bertz CT molecular complexity index is 1200. The monoisotopic (exact) mass is 923 g/mol. The van der Waals surface area contributed by atoms with Crippen LogP contribution in [0.25, 0.3) is 0 Å². The number of amides is 1. The van der Waals surface area contributed by atoms with Crippen LogP contribution < -0.4 is 10.2 Å². The smallest absolute Gasteiger partial charge is 0.306 e. The second kappa shape index (κ2) is 45.0. The van der Waals surface area contributed by atoms with Crippen LogP contribution in [0, 0.1) is 0 Å². The molecule has 0 aromatic heterocycles. The molecular weight excluding hydrogens is 820 g/mol. The summed E-state index contributed by atoms with van der Waals surface area (Å²) in [7, 11) is 1.17. The lowest BCUT2D eigenvalue weighted by Crippen LogP contribution is -2.47. The fourth-order valence-corrected chi connectivity index (χ4v) is 8.28. The van der Waals surface area contributed by atoms with Crippen LogP contribution in [0.15, 0.2) is 36.5 Å². The van der Waals surface area contributed by atoms with E-state index in [0.717, 1.165) is 89.9 Å². The predicted molar refractivity (Wildman–Crippen MR) is 270 cm³/mol. The minimum Gasteiger partial charge on any atom is -0.756 e. The molecule has 0 saturated carbocycles. The van der Waals surface area contributed by atoms with Gasteiger partial charge in [-0.25, -0.2) is 0 Å². The number of hydrogen-bond donors (Lipinski definition) is 1. The van der Waals surface area contributed by atoms with E-state index in [9.17, 15) is 19.0 Å². The van der Waals surface area contributed by atoms with Gasteiger partial charge in [-0.3, -0.25) is 14.2 Å². The molecule has 1 N–H and O–H groups in total. The Morgan fingerprint density at radius 2 is 0.922 bits per heavy atom. The van der Waals surface area contributed by atoms with Crippen LogP contribution in [0.5, 0.6) is 0 Å². The fraction of sp³-hybridized carbons (Fsp3) is 0.852. The Labute approximate surface area is 396 Å². The third-order valence-electron chi connectivity index (χ3n) is 11.8. The number of likely N-dealkylation sites (N-methyl/N-ethyl adjacent to an activating group) is 1. The van der Waals surface area contributed by atoms with Gasteiger partial charge in [0.15, 0.2) is 0 Å². The summed E-state index contributed by atoms with van der Waals surface area (Å²) in [5, 5.41) is 3.00. The Hall–Kier alpha value is -1.77. The SMILES string of the molecule is CCCC/C=C\CCCCCCCC(=O)OC(/C=C/CCCCCCCCCCCCC)C(COP(=O)([O-])OCC[N+](C)(C)C)NC(=O)CCCCC/C=C\CCCCCCCCC. The molecule has 0 saturated heterocycles. The predicted octanol–water partition coefficient (Wildman–Crippen LogP) is 15.0. The highest BCUT2D eigenvalue weighted by Crippen LogP contribution is 2.38. The maximum absolute atomic E-state index is 13.4. The number of hydrogen-bond acceptors (Lipinski definition) is 7. The quantitative estimate of drug-likeness (QED) is 0.0212. The lowest BCUT2D eigenvalue weighted by Gasteiger charge is -2.30. The molecule has 10 heteroatoms. The van der Waals surface area contributed by atoms with Crippen molar-refractivity contribution in [3.8, 4) is 0 Å². The minimum atomic E-state index is -4.69. The second-order valence-electron chi connectivity index (χ2n) is 19.4. The third kappa shape index (κ3) is 45.4. The van der Waals surface area contributed by atoms with Crippen molar-refractivity contribution in [1.29, 1.82) is 0 Å². The zero-order chi connectivity index (χ0) is 47.3. The maximum Gasteiger partial charge on any atom is 0.306 e. The van der Waals surface area contributed by atoms with Gasteiger partial charge in [0.25, 0.3) is 7.82 Å². The average molecular weight is 923 g/mol. The van der Waals surface area contributed by atoms with Crippen molar-refractivity contribution in [3.63, 3.8) is 0 Å². The first-order chi connectivity index (χ1) is 30.9. The number of nitrogens with zero attached hydrogens (tertiary/aromatic N) is 1. The summed E-state index contributed by atoms with van der Waals surface area (Å²) in [4.78, 5) is 39.7. The van der Waals surface area contributed by atoms with E-state index in [1.165, 1.54) is 116 Å². The number of phosphoric ester groups is 1. The first kappa shape index (κ1) is 62.2. The van der Waals surface area contributed by atoms with Gasteiger partial charge in [0.2, 0.25) is 5.91 Å². The van der Waals surface area contributed by atoms with Gasteiger partial charge in [-0.15, -0.1) is 0 Å². The van der Waals surface area contributed by atoms with Crippen molar-refractivity contribution in [2.24, 2.45) is 0 Å². The van der Waals surface area contributed by atoms with Gasteiger partial charge in [0.1, 0.15) is 19.3 Å². The highest BCUT2D eigenvalue weighted by Gasteiger charge is 2.27. The Morgan fingerprint density at radius 3 is 1.39 bits per heavy atom. The largest absolute Gasteiger partial charge is 0.756 e. The molecule has 1 amide bonds. The molecule has 0 aliphatic rings. The van der Waals surface area contributed by atoms with Gasteiger partial charge in [-0.05, 0) is 76.7 Å². The Morgan fingerprint density at radius 1 is 0.531 bits per heavy atom. The molecule has 0 radical (unpaired) electrons. The van der Waals surface area contributed by atoms with Gasteiger partial charge in [-0.1, -0.05) is 192 Å². The number of esters is 1. The lowest BCUT2D eigenvalue weighted by molar-refractivity contribution is -0.870. The van der Waals surface area contributed by atoms with Crippen molar-refractivity contribution < 1.29 is 37.3 Å². The standard InChI is InChI=1S/C54H103N2O7P/c1-7-10-13-16-19-22-25-27-29-32-34-37-40-43-46-53(57)55-51(50-62-64(59,60)61-49-48-56(4,5)6)52(45-42-39-36-33-31-28-26-23-20-17-14-11-8-2)63-54(58)47-44-41-38-35-30-24-21-18-15-12-9-3/h18,21,29,32,42,45,51-52H,7-17,19-20,22-28,30-31,33-41,43-44,46-50H2,1-6H3,(H-,55,57,59,60)/b21-18-,32-29-,45-42+. The van der Waals surface area contributed by atoms with E-state index in [1.807, 2.05) is 33.3 Å². The number of unbranched alkanes of at least 4 members (excludes halogenated alkanes) is 28. The molecule has 64 heavy (non-hydrogen) atoms. The normalized spacial score (nSPS) is 14.2. The summed E-state index contributed by atoms with van der Waals surface area (Å²) < 4.78 is 30.1. The highest BCUT2D eigenvalue weighted by atomic mass is 31.2. The molecule has 0 spiro atoms. The number of rotatable bonds is 48. The van der Waals surface area contributed by atoms with Crippen LogP contribution in [0.4, 0.5) is 0 Å². The zero-order valence-electron chi connectivity index (χ0n) is 42.7. The molecular formula is C54H103N2O7P. The number of allylic oxidation sites excluding steroid dienone is 5. The highest BCUT2D eigenvalue weighted by molar-refractivity contribution is 7.45. The van der Waals surface area contributed by atoms with Gasteiger partial charge < -0.3 is 28.5 Å². The summed E-state index contributed by atoms with van der Waals surface area (Å²) in [5.41, 5.74) is 0. The van der Waals surface area contributed by atoms with Crippen LogP contribution in [0.2, 0.25) is 0 Å².